The van der Waals surface area contributed by atoms with Crippen molar-refractivity contribution in [2.75, 3.05) is 27.4 Å². The van der Waals surface area contributed by atoms with E-state index in [1.54, 1.807) is 19.2 Å². The summed E-state index contributed by atoms with van der Waals surface area (Å²) < 4.78 is 15.7. The van der Waals surface area contributed by atoms with Crippen LogP contribution in [0.15, 0.2) is 18.3 Å². The molecule has 0 saturated heterocycles. The SMILES string of the molecule is COCCOc1cc2cnc(C(=O)O)nc2cc1OC. The number of aromatic nitrogens is 2. The molecule has 7 heteroatoms. The molecule has 2 aromatic rings. The molecule has 2 rings (SSSR count). The minimum atomic E-state index is -1.17. The number of ether oxygens (including phenoxy) is 3. The number of benzene rings is 1. The van der Waals surface area contributed by atoms with E-state index in [1.165, 1.54) is 13.3 Å². The fourth-order valence-electron chi connectivity index (χ4n) is 1.65. The minimum absolute atomic E-state index is 0.257. The summed E-state index contributed by atoms with van der Waals surface area (Å²) >= 11 is 0. The second kappa shape index (κ2) is 6.16. The third-order valence-corrected chi connectivity index (χ3v) is 2.60. The van der Waals surface area contributed by atoms with E-state index in [-0.39, 0.29) is 5.82 Å². The van der Waals surface area contributed by atoms with Crippen molar-refractivity contribution in [3.8, 4) is 11.5 Å². The first-order chi connectivity index (χ1) is 9.65. The zero-order valence-corrected chi connectivity index (χ0v) is 11.1. The van der Waals surface area contributed by atoms with Crippen molar-refractivity contribution in [1.29, 1.82) is 0 Å². The second-order valence-corrected chi connectivity index (χ2v) is 3.90. The Morgan fingerprint density at radius 2 is 2.05 bits per heavy atom. The van der Waals surface area contributed by atoms with Crippen LogP contribution in [0.2, 0.25) is 0 Å². The third-order valence-electron chi connectivity index (χ3n) is 2.60. The largest absolute Gasteiger partial charge is 0.493 e. The van der Waals surface area contributed by atoms with E-state index in [2.05, 4.69) is 9.97 Å². The van der Waals surface area contributed by atoms with Gasteiger partial charge in [-0.1, -0.05) is 0 Å². The first kappa shape index (κ1) is 14.0. The second-order valence-electron chi connectivity index (χ2n) is 3.90. The Bertz CT molecular complexity index is 629. The van der Waals surface area contributed by atoms with Crippen molar-refractivity contribution in [1.82, 2.24) is 9.97 Å². The van der Waals surface area contributed by atoms with Crippen LogP contribution in [-0.4, -0.2) is 48.5 Å². The molecule has 20 heavy (non-hydrogen) atoms. The standard InChI is InChI=1S/C13H14N2O5/c1-18-3-4-20-11-5-8-7-14-12(13(16)17)15-9(8)6-10(11)19-2/h5-7H,3-4H2,1-2H3,(H,16,17). The molecular weight excluding hydrogens is 264 g/mol. The van der Waals surface area contributed by atoms with Gasteiger partial charge in [0.15, 0.2) is 11.5 Å². The predicted molar refractivity (Wildman–Crippen MR) is 70.4 cm³/mol. The van der Waals surface area contributed by atoms with Gasteiger partial charge in [0.2, 0.25) is 5.82 Å². The third kappa shape index (κ3) is 2.94. The van der Waals surface area contributed by atoms with Crippen molar-refractivity contribution in [3.05, 3.63) is 24.2 Å². The topological polar surface area (TPSA) is 90.8 Å². The summed E-state index contributed by atoms with van der Waals surface area (Å²) in [7, 11) is 3.09. The summed E-state index contributed by atoms with van der Waals surface area (Å²) in [5.74, 6) is -0.425. The van der Waals surface area contributed by atoms with E-state index in [1.807, 2.05) is 0 Å². The van der Waals surface area contributed by atoms with E-state index in [9.17, 15) is 4.79 Å². The number of carboxylic acid groups (broad SMARTS) is 1. The van der Waals surface area contributed by atoms with Crippen LogP contribution in [0.3, 0.4) is 0 Å². The van der Waals surface area contributed by atoms with Gasteiger partial charge in [0.25, 0.3) is 0 Å². The van der Waals surface area contributed by atoms with Crippen molar-refractivity contribution in [3.63, 3.8) is 0 Å². The molecule has 0 unspecified atom stereocenters. The fourth-order valence-corrected chi connectivity index (χ4v) is 1.65. The zero-order chi connectivity index (χ0) is 14.5. The number of fused-ring (bicyclic) bond motifs is 1. The molecule has 1 aromatic heterocycles. The summed E-state index contributed by atoms with van der Waals surface area (Å²) in [6, 6.07) is 3.32. The van der Waals surface area contributed by atoms with E-state index >= 15 is 0 Å². The molecule has 0 spiro atoms. The number of hydrogen-bond donors (Lipinski definition) is 1. The summed E-state index contributed by atoms with van der Waals surface area (Å²) in [4.78, 5) is 18.6. The zero-order valence-electron chi connectivity index (χ0n) is 11.1. The minimum Gasteiger partial charge on any atom is -0.493 e. The molecule has 0 aliphatic rings. The van der Waals surface area contributed by atoms with Crippen LogP contribution >= 0.6 is 0 Å². The van der Waals surface area contributed by atoms with Crippen LogP contribution in [0.5, 0.6) is 11.5 Å². The number of nitrogens with zero attached hydrogens (tertiary/aromatic N) is 2. The summed E-state index contributed by atoms with van der Waals surface area (Å²) in [5.41, 5.74) is 0.480. The van der Waals surface area contributed by atoms with E-state index in [0.29, 0.717) is 35.6 Å². The Morgan fingerprint density at radius 1 is 1.25 bits per heavy atom. The highest BCUT2D eigenvalue weighted by atomic mass is 16.5. The van der Waals surface area contributed by atoms with Gasteiger partial charge in [-0.05, 0) is 6.07 Å². The Kier molecular flexibility index (Phi) is 4.31. The normalized spacial score (nSPS) is 10.5. The van der Waals surface area contributed by atoms with Gasteiger partial charge in [0, 0.05) is 24.8 Å². The van der Waals surface area contributed by atoms with Crippen LogP contribution in [0, 0.1) is 0 Å². The summed E-state index contributed by atoms with van der Waals surface area (Å²) in [5, 5.41) is 9.54. The maximum Gasteiger partial charge on any atom is 0.373 e. The van der Waals surface area contributed by atoms with Crippen LogP contribution in [0.4, 0.5) is 0 Å². The molecule has 0 atom stereocenters. The lowest BCUT2D eigenvalue weighted by Crippen LogP contribution is -2.06. The maximum absolute atomic E-state index is 10.8. The molecular formula is C13H14N2O5. The van der Waals surface area contributed by atoms with Crippen LogP contribution in [0.25, 0.3) is 10.9 Å². The number of carbonyl (C=O) groups is 1. The molecule has 0 aliphatic carbocycles. The highest BCUT2D eigenvalue weighted by Gasteiger charge is 2.11. The highest BCUT2D eigenvalue weighted by molar-refractivity contribution is 5.88. The fraction of sp³-hybridized carbons (Fsp3) is 0.308. The maximum atomic E-state index is 10.8. The van der Waals surface area contributed by atoms with Crippen LogP contribution in [0.1, 0.15) is 10.6 Å². The number of rotatable bonds is 6. The average Bonchev–Trinajstić information content (AvgIpc) is 2.46. The van der Waals surface area contributed by atoms with Crippen molar-refractivity contribution in [2.45, 2.75) is 0 Å². The molecule has 0 radical (unpaired) electrons. The predicted octanol–water partition coefficient (Wildman–Crippen LogP) is 1.36. The van der Waals surface area contributed by atoms with Gasteiger partial charge in [-0.2, -0.15) is 0 Å². The van der Waals surface area contributed by atoms with Crippen molar-refractivity contribution < 1.29 is 24.1 Å². The lowest BCUT2D eigenvalue weighted by atomic mass is 10.2. The molecule has 1 N–H and O–H groups in total. The summed E-state index contributed by atoms with van der Waals surface area (Å²) in [6.45, 7) is 0.835. The van der Waals surface area contributed by atoms with Gasteiger partial charge < -0.3 is 19.3 Å². The number of carboxylic acids is 1. The Balaban J connectivity index is 2.40. The van der Waals surface area contributed by atoms with Gasteiger partial charge >= 0.3 is 5.97 Å². The molecule has 0 bridgehead atoms. The van der Waals surface area contributed by atoms with Gasteiger partial charge in [-0.3, -0.25) is 0 Å². The molecule has 0 amide bonds. The van der Waals surface area contributed by atoms with Crippen LogP contribution < -0.4 is 9.47 Å². The number of hydrogen-bond acceptors (Lipinski definition) is 6. The molecule has 106 valence electrons. The van der Waals surface area contributed by atoms with Gasteiger partial charge in [-0.15, -0.1) is 0 Å². The van der Waals surface area contributed by atoms with E-state index < -0.39 is 5.97 Å². The van der Waals surface area contributed by atoms with Crippen molar-refractivity contribution in [2.24, 2.45) is 0 Å². The van der Waals surface area contributed by atoms with E-state index in [0.717, 1.165) is 0 Å². The molecule has 0 saturated carbocycles. The van der Waals surface area contributed by atoms with Gasteiger partial charge in [0.1, 0.15) is 6.61 Å². The monoisotopic (exact) mass is 278 g/mol. The average molecular weight is 278 g/mol. The van der Waals surface area contributed by atoms with Crippen molar-refractivity contribution >= 4 is 16.9 Å². The molecule has 7 nitrogen and oxygen atoms in total. The van der Waals surface area contributed by atoms with Crippen LogP contribution in [-0.2, 0) is 4.74 Å². The number of methoxy groups -OCH3 is 2. The highest BCUT2D eigenvalue weighted by Crippen LogP contribution is 2.31. The molecule has 0 aliphatic heterocycles. The molecule has 0 fully saturated rings. The Labute approximate surface area is 115 Å². The van der Waals surface area contributed by atoms with Gasteiger partial charge in [0.05, 0.1) is 19.2 Å². The lowest BCUT2D eigenvalue weighted by Gasteiger charge is -2.11. The first-order valence-electron chi connectivity index (χ1n) is 5.85. The number of aromatic carboxylic acids is 1. The molecule has 1 aromatic carbocycles. The summed E-state index contributed by atoms with van der Waals surface area (Å²) in [6.07, 6.45) is 1.44. The first-order valence-corrected chi connectivity index (χ1v) is 5.85. The Hall–Kier alpha value is -2.41. The lowest BCUT2D eigenvalue weighted by molar-refractivity contribution is 0.0684. The van der Waals surface area contributed by atoms with E-state index in [4.69, 9.17) is 19.3 Å². The smallest absolute Gasteiger partial charge is 0.373 e. The van der Waals surface area contributed by atoms with Gasteiger partial charge in [-0.25, -0.2) is 14.8 Å². The Morgan fingerprint density at radius 3 is 2.70 bits per heavy atom. The quantitative estimate of drug-likeness (QED) is 0.798. The molecule has 1 heterocycles.